The minimum Gasteiger partial charge on any atom is -0.484 e. The van der Waals surface area contributed by atoms with Crippen LogP contribution in [0.15, 0.2) is 48.5 Å². The van der Waals surface area contributed by atoms with Crippen LogP contribution in [0.4, 0.5) is 0 Å². The molecule has 0 aromatic heterocycles. The van der Waals surface area contributed by atoms with Crippen LogP contribution in [0.1, 0.15) is 29.7 Å². The first-order chi connectivity index (χ1) is 10.1. The van der Waals surface area contributed by atoms with Crippen LogP contribution in [-0.4, -0.2) is 12.5 Å². The smallest absolute Gasteiger partial charge is 0.258 e. The minimum atomic E-state index is -0.121. The van der Waals surface area contributed by atoms with Crippen molar-refractivity contribution in [2.45, 2.75) is 26.8 Å². The normalized spacial score (nSPS) is 11.8. The molecule has 2 aromatic rings. The molecule has 0 bridgehead atoms. The quantitative estimate of drug-likeness (QED) is 0.911. The zero-order valence-electron chi connectivity index (χ0n) is 12.7. The highest BCUT2D eigenvalue weighted by molar-refractivity contribution is 5.78. The van der Waals surface area contributed by atoms with Crippen molar-refractivity contribution in [3.05, 3.63) is 65.2 Å². The average Bonchev–Trinajstić information content (AvgIpc) is 2.49. The Labute approximate surface area is 126 Å². The summed E-state index contributed by atoms with van der Waals surface area (Å²) < 4.78 is 5.44. The van der Waals surface area contributed by atoms with Gasteiger partial charge in [-0.05, 0) is 49.6 Å². The number of carbonyl (C=O) groups excluding carboxylic acids is 1. The number of hydrogen-bond donors (Lipinski definition) is 1. The molecule has 2 rings (SSSR count). The second-order valence-corrected chi connectivity index (χ2v) is 5.23. The first-order valence-electron chi connectivity index (χ1n) is 7.10. The van der Waals surface area contributed by atoms with Crippen LogP contribution in [0, 0.1) is 13.8 Å². The fourth-order valence-corrected chi connectivity index (χ4v) is 2.07. The Balaban J connectivity index is 1.88. The maximum Gasteiger partial charge on any atom is 0.258 e. The van der Waals surface area contributed by atoms with E-state index in [4.69, 9.17) is 4.74 Å². The maximum atomic E-state index is 11.9. The second kappa shape index (κ2) is 6.93. The molecule has 2 aromatic carbocycles. The number of hydrogen-bond acceptors (Lipinski definition) is 2. The lowest BCUT2D eigenvalue weighted by Crippen LogP contribution is -2.31. The summed E-state index contributed by atoms with van der Waals surface area (Å²) in [5, 5.41) is 2.95. The number of ether oxygens (including phenoxy) is 1. The highest BCUT2D eigenvalue weighted by Crippen LogP contribution is 2.16. The van der Waals surface area contributed by atoms with Gasteiger partial charge in [-0.2, -0.15) is 0 Å². The molecule has 1 atom stereocenters. The number of aryl methyl sites for hydroxylation is 2. The molecular weight excluding hydrogens is 262 g/mol. The van der Waals surface area contributed by atoms with Gasteiger partial charge in [-0.15, -0.1) is 0 Å². The molecule has 0 unspecified atom stereocenters. The highest BCUT2D eigenvalue weighted by Gasteiger charge is 2.10. The predicted octanol–water partition coefficient (Wildman–Crippen LogP) is 3.56. The molecule has 1 amide bonds. The third kappa shape index (κ3) is 4.35. The fourth-order valence-electron chi connectivity index (χ4n) is 2.07. The molecule has 0 aliphatic heterocycles. The number of benzene rings is 2. The summed E-state index contributed by atoms with van der Waals surface area (Å²) in [6.07, 6.45) is 0. The minimum absolute atomic E-state index is 0.0270. The van der Waals surface area contributed by atoms with Crippen molar-refractivity contribution < 1.29 is 9.53 Å². The van der Waals surface area contributed by atoms with E-state index in [0.717, 1.165) is 5.56 Å². The summed E-state index contributed by atoms with van der Waals surface area (Å²) >= 11 is 0. The van der Waals surface area contributed by atoms with Crippen LogP contribution >= 0.6 is 0 Å². The Morgan fingerprint density at radius 2 is 1.81 bits per heavy atom. The van der Waals surface area contributed by atoms with Gasteiger partial charge in [0.2, 0.25) is 0 Å². The Kier molecular flexibility index (Phi) is 4.99. The van der Waals surface area contributed by atoms with Crippen molar-refractivity contribution in [2.24, 2.45) is 0 Å². The summed E-state index contributed by atoms with van der Waals surface area (Å²) in [4.78, 5) is 11.9. The van der Waals surface area contributed by atoms with Gasteiger partial charge in [-0.25, -0.2) is 0 Å². The van der Waals surface area contributed by atoms with Crippen LogP contribution in [0.5, 0.6) is 5.75 Å². The maximum absolute atomic E-state index is 11.9. The van der Waals surface area contributed by atoms with E-state index < -0.39 is 0 Å². The van der Waals surface area contributed by atoms with Crippen molar-refractivity contribution in [1.82, 2.24) is 5.32 Å². The second-order valence-electron chi connectivity index (χ2n) is 5.23. The van der Waals surface area contributed by atoms with Crippen molar-refractivity contribution >= 4 is 5.91 Å². The van der Waals surface area contributed by atoms with Gasteiger partial charge in [0.05, 0.1) is 6.04 Å². The van der Waals surface area contributed by atoms with E-state index in [1.807, 2.05) is 43.3 Å². The molecule has 0 spiro atoms. The van der Waals surface area contributed by atoms with E-state index in [1.165, 1.54) is 11.1 Å². The van der Waals surface area contributed by atoms with Gasteiger partial charge >= 0.3 is 0 Å². The summed E-state index contributed by atoms with van der Waals surface area (Å²) in [6, 6.07) is 15.5. The van der Waals surface area contributed by atoms with Gasteiger partial charge in [0, 0.05) is 0 Å². The van der Waals surface area contributed by atoms with Crippen molar-refractivity contribution in [3.8, 4) is 5.75 Å². The molecule has 0 radical (unpaired) electrons. The lowest BCUT2D eigenvalue weighted by Gasteiger charge is -2.16. The first kappa shape index (κ1) is 15.1. The van der Waals surface area contributed by atoms with Crippen LogP contribution in [0.2, 0.25) is 0 Å². The van der Waals surface area contributed by atoms with Crippen molar-refractivity contribution in [2.75, 3.05) is 6.61 Å². The lowest BCUT2D eigenvalue weighted by atomic mass is 10.0. The molecule has 0 aliphatic rings. The number of amides is 1. The highest BCUT2D eigenvalue weighted by atomic mass is 16.5. The molecular formula is C18H21NO2. The number of carbonyl (C=O) groups is 1. The van der Waals surface area contributed by atoms with Gasteiger partial charge in [0.25, 0.3) is 5.91 Å². The molecule has 1 N–H and O–H groups in total. The molecule has 0 fully saturated rings. The predicted molar refractivity (Wildman–Crippen MR) is 84.4 cm³/mol. The molecule has 0 saturated carbocycles. The number of para-hydroxylation sites is 1. The molecule has 21 heavy (non-hydrogen) atoms. The van der Waals surface area contributed by atoms with Crippen LogP contribution < -0.4 is 10.1 Å². The van der Waals surface area contributed by atoms with E-state index in [9.17, 15) is 4.79 Å². The largest absolute Gasteiger partial charge is 0.484 e. The number of nitrogens with one attached hydrogen (secondary N) is 1. The third-order valence-corrected chi connectivity index (χ3v) is 3.52. The zero-order chi connectivity index (χ0) is 15.2. The van der Waals surface area contributed by atoms with Crippen LogP contribution in [-0.2, 0) is 4.79 Å². The van der Waals surface area contributed by atoms with Crippen LogP contribution in [0.3, 0.4) is 0 Å². The van der Waals surface area contributed by atoms with Crippen molar-refractivity contribution in [1.29, 1.82) is 0 Å². The number of rotatable bonds is 5. The fraction of sp³-hybridized carbons (Fsp3) is 0.278. The van der Waals surface area contributed by atoms with E-state index >= 15 is 0 Å². The van der Waals surface area contributed by atoms with E-state index in [1.54, 1.807) is 0 Å². The molecule has 110 valence electrons. The summed E-state index contributed by atoms with van der Waals surface area (Å²) in [5.74, 6) is 0.580. The third-order valence-electron chi connectivity index (χ3n) is 3.52. The van der Waals surface area contributed by atoms with Gasteiger partial charge in [0.1, 0.15) is 5.75 Å². The summed E-state index contributed by atoms with van der Waals surface area (Å²) in [7, 11) is 0. The van der Waals surface area contributed by atoms with Gasteiger partial charge < -0.3 is 10.1 Å². The van der Waals surface area contributed by atoms with Gasteiger partial charge in [-0.3, -0.25) is 4.79 Å². The molecule has 3 heteroatoms. The standard InChI is InChI=1S/C18H21NO2/c1-13-9-10-16(11-14(13)2)15(3)19-18(20)12-21-17-7-5-4-6-8-17/h4-11,15H,12H2,1-3H3,(H,19,20)/t15-/m0/s1. The van der Waals surface area contributed by atoms with E-state index in [-0.39, 0.29) is 18.6 Å². The van der Waals surface area contributed by atoms with Gasteiger partial charge in [0.15, 0.2) is 6.61 Å². The summed E-state index contributed by atoms with van der Waals surface area (Å²) in [5.41, 5.74) is 3.59. The SMILES string of the molecule is Cc1ccc([C@H](C)NC(=O)COc2ccccc2)cc1C. The zero-order valence-corrected chi connectivity index (χ0v) is 12.7. The monoisotopic (exact) mass is 283 g/mol. The first-order valence-corrected chi connectivity index (χ1v) is 7.10. The Hall–Kier alpha value is -2.29. The van der Waals surface area contributed by atoms with Gasteiger partial charge in [-0.1, -0.05) is 36.4 Å². The average molecular weight is 283 g/mol. The topological polar surface area (TPSA) is 38.3 Å². The molecule has 0 heterocycles. The van der Waals surface area contributed by atoms with Crippen molar-refractivity contribution in [3.63, 3.8) is 0 Å². The Bertz CT molecular complexity index is 608. The molecule has 3 nitrogen and oxygen atoms in total. The Morgan fingerprint density at radius 3 is 2.48 bits per heavy atom. The van der Waals surface area contributed by atoms with E-state index in [2.05, 4.69) is 31.3 Å². The Morgan fingerprint density at radius 1 is 1.10 bits per heavy atom. The lowest BCUT2D eigenvalue weighted by molar-refractivity contribution is -0.123. The summed E-state index contributed by atoms with van der Waals surface area (Å²) in [6.45, 7) is 6.16. The molecule has 0 aliphatic carbocycles. The molecule has 0 saturated heterocycles. The van der Waals surface area contributed by atoms with Crippen LogP contribution in [0.25, 0.3) is 0 Å². The van der Waals surface area contributed by atoms with E-state index in [0.29, 0.717) is 5.75 Å².